The molecule has 1 aromatic carbocycles. The van der Waals surface area contributed by atoms with E-state index in [2.05, 4.69) is 10.2 Å². The second kappa shape index (κ2) is 7.39. The van der Waals surface area contributed by atoms with E-state index in [-0.39, 0.29) is 23.0 Å². The molecule has 1 aliphatic heterocycles. The van der Waals surface area contributed by atoms with Crippen molar-refractivity contribution in [3.8, 4) is 0 Å². The molecule has 8 heteroatoms. The van der Waals surface area contributed by atoms with Crippen LogP contribution in [0, 0.1) is 0 Å². The first-order chi connectivity index (χ1) is 10.7. The molecule has 7 nitrogen and oxygen atoms in total. The van der Waals surface area contributed by atoms with Gasteiger partial charge in [-0.2, -0.15) is 0 Å². The van der Waals surface area contributed by atoms with Crippen LogP contribution in [0.5, 0.6) is 0 Å². The van der Waals surface area contributed by atoms with Gasteiger partial charge in [0.2, 0.25) is 15.9 Å². The summed E-state index contributed by atoms with van der Waals surface area (Å²) in [6.07, 6.45) is 0.245. The molecular weight excluding hydrogens is 318 g/mol. The standard InChI is InChI=1S/C15H23N3O4S/c1-11-8-18(9-12(2)22-11)10-15(19)17-7-13-3-5-14(6-4-13)23(16,20)21/h3-6,11-12H,7-10H2,1-2H3,(H,17,19)(H2,16,20,21)/t11-,12+. The van der Waals surface area contributed by atoms with Gasteiger partial charge in [-0.3, -0.25) is 9.69 Å². The van der Waals surface area contributed by atoms with Crippen LogP contribution in [0.4, 0.5) is 0 Å². The highest BCUT2D eigenvalue weighted by Gasteiger charge is 2.23. The Hall–Kier alpha value is -1.48. The minimum atomic E-state index is -3.69. The first-order valence-corrected chi connectivity index (χ1v) is 9.05. The molecule has 2 atom stereocenters. The summed E-state index contributed by atoms with van der Waals surface area (Å²) in [7, 11) is -3.69. The molecule has 0 bridgehead atoms. The van der Waals surface area contributed by atoms with Crippen molar-refractivity contribution in [3.05, 3.63) is 29.8 Å². The number of rotatable bonds is 5. The molecule has 1 aromatic rings. The number of benzene rings is 1. The zero-order valence-corrected chi connectivity index (χ0v) is 14.2. The normalized spacial score (nSPS) is 22.7. The quantitative estimate of drug-likeness (QED) is 0.788. The zero-order chi connectivity index (χ0) is 17.0. The summed E-state index contributed by atoms with van der Waals surface area (Å²) < 4.78 is 28.0. The number of morpholine rings is 1. The Labute approximate surface area is 136 Å². The van der Waals surface area contributed by atoms with Crippen molar-refractivity contribution >= 4 is 15.9 Å². The number of hydrogen-bond donors (Lipinski definition) is 2. The summed E-state index contributed by atoms with van der Waals surface area (Å²) in [4.78, 5) is 14.1. The van der Waals surface area contributed by atoms with Crippen LogP contribution in [0.15, 0.2) is 29.2 Å². The number of nitrogens with zero attached hydrogens (tertiary/aromatic N) is 1. The molecule has 1 amide bonds. The maximum Gasteiger partial charge on any atom is 0.238 e. The van der Waals surface area contributed by atoms with Crippen molar-refractivity contribution < 1.29 is 17.9 Å². The van der Waals surface area contributed by atoms with E-state index in [4.69, 9.17) is 9.88 Å². The lowest BCUT2D eigenvalue weighted by molar-refractivity contribution is -0.126. The smallest absolute Gasteiger partial charge is 0.238 e. The van der Waals surface area contributed by atoms with Gasteiger partial charge in [0.1, 0.15) is 0 Å². The first-order valence-electron chi connectivity index (χ1n) is 7.50. The number of ether oxygens (including phenoxy) is 1. The molecule has 0 saturated carbocycles. The molecule has 0 unspecified atom stereocenters. The SMILES string of the molecule is C[C@@H]1CN(CC(=O)NCc2ccc(S(N)(=O)=O)cc2)C[C@H](C)O1. The molecule has 23 heavy (non-hydrogen) atoms. The van der Waals surface area contributed by atoms with Gasteiger partial charge in [-0.1, -0.05) is 12.1 Å². The van der Waals surface area contributed by atoms with E-state index in [9.17, 15) is 13.2 Å². The first kappa shape index (κ1) is 17.9. The number of carbonyl (C=O) groups excluding carboxylic acids is 1. The third-order valence-electron chi connectivity index (χ3n) is 3.60. The Balaban J connectivity index is 1.82. The molecule has 3 N–H and O–H groups in total. The van der Waals surface area contributed by atoms with Crippen LogP contribution in [0.1, 0.15) is 19.4 Å². The van der Waals surface area contributed by atoms with Gasteiger partial charge in [0, 0.05) is 19.6 Å². The fraction of sp³-hybridized carbons (Fsp3) is 0.533. The molecule has 0 spiro atoms. The van der Waals surface area contributed by atoms with Crippen molar-refractivity contribution in [2.75, 3.05) is 19.6 Å². The maximum absolute atomic E-state index is 12.0. The Kier molecular flexibility index (Phi) is 5.74. The van der Waals surface area contributed by atoms with Gasteiger partial charge < -0.3 is 10.1 Å². The lowest BCUT2D eigenvalue weighted by Crippen LogP contribution is -2.49. The van der Waals surface area contributed by atoms with E-state index >= 15 is 0 Å². The highest BCUT2D eigenvalue weighted by molar-refractivity contribution is 7.89. The largest absolute Gasteiger partial charge is 0.373 e. The molecule has 1 saturated heterocycles. The third kappa shape index (κ3) is 5.58. The Morgan fingerprint density at radius 2 is 1.83 bits per heavy atom. The summed E-state index contributed by atoms with van der Waals surface area (Å²) in [5, 5.41) is 7.87. The highest BCUT2D eigenvalue weighted by atomic mass is 32.2. The average Bonchev–Trinajstić information content (AvgIpc) is 2.43. The van der Waals surface area contributed by atoms with Crippen LogP contribution in [-0.2, 0) is 26.1 Å². The molecule has 1 aliphatic rings. The summed E-state index contributed by atoms with van der Waals surface area (Å²) in [6, 6.07) is 6.14. The fourth-order valence-corrected chi connectivity index (χ4v) is 3.19. The molecule has 0 aromatic heterocycles. The molecule has 128 valence electrons. The number of nitrogens with one attached hydrogen (secondary N) is 1. The van der Waals surface area contributed by atoms with E-state index < -0.39 is 10.0 Å². The minimum Gasteiger partial charge on any atom is -0.373 e. The number of amides is 1. The molecule has 0 radical (unpaired) electrons. The van der Waals surface area contributed by atoms with Gasteiger partial charge in [-0.25, -0.2) is 13.6 Å². The lowest BCUT2D eigenvalue weighted by atomic mass is 10.2. The molecule has 1 fully saturated rings. The minimum absolute atomic E-state index is 0.0591. The average molecular weight is 341 g/mol. The van der Waals surface area contributed by atoms with Gasteiger partial charge >= 0.3 is 0 Å². The second-order valence-corrected chi connectivity index (χ2v) is 7.48. The monoisotopic (exact) mass is 341 g/mol. The number of primary sulfonamides is 1. The second-order valence-electron chi connectivity index (χ2n) is 5.92. The molecular formula is C15H23N3O4S. The fourth-order valence-electron chi connectivity index (χ4n) is 2.67. The third-order valence-corrected chi connectivity index (χ3v) is 4.53. The number of carbonyl (C=O) groups is 1. The van der Waals surface area contributed by atoms with Gasteiger partial charge in [-0.15, -0.1) is 0 Å². The zero-order valence-electron chi connectivity index (χ0n) is 13.4. The Bertz CT molecular complexity index is 635. The van der Waals surface area contributed by atoms with E-state index in [0.717, 1.165) is 18.7 Å². The van der Waals surface area contributed by atoms with Gasteiger partial charge in [-0.05, 0) is 31.5 Å². The van der Waals surface area contributed by atoms with E-state index in [0.29, 0.717) is 13.1 Å². The Morgan fingerprint density at radius 3 is 2.35 bits per heavy atom. The van der Waals surface area contributed by atoms with Crippen molar-refractivity contribution in [1.82, 2.24) is 10.2 Å². The predicted octanol–water partition coefficient (Wildman–Crippen LogP) is 0.0594. The van der Waals surface area contributed by atoms with Crippen molar-refractivity contribution in [2.24, 2.45) is 5.14 Å². The summed E-state index contributed by atoms with van der Waals surface area (Å²) >= 11 is 0. The maximum atomic E-state index is 12.0. The van der Waals surface area contributed by atoms with Crippen molar-refractivity contribution in [3.63, 3.8) is 0 Å². The van der Waals surface area contributed by atoms with E-state index in [1.165, 1.54) is 12.1 Å². The van der Waals surface area contributed by atoms with Crippen LogP contribution in [0.25, 0.3) is 0 Å². The van der Waals surface area contributed by atoms with Crippen LogP contribution in [0.3, 0.4) is 0 Å². The summed E-state index contributed by atoms with van der Waals surface area (Å²) in [6.45, 7) is 6.13. The molecule has 0 aliphatic carbocycles. The number of hydrogen-bond acceptors (Lipinski definition) is 5. The van der Waals surface area contributed by atoms with Crippen molar-refractivity contribution in [1.29, 1.82) is 0 Å². The van der Waals surface area contributed by atoms with Crippen LogP contribution < -0.4 is 10.5 Å². The van der Waals surface area contributed by atoms with Crippen LogP contribution in [0.2, 0.25) is 0 Å². The van der Waals surface area contributed by atoms with Crippen LogP contribution in [-0.4, -0.2) is 51.1 Å². The summed E-state index contributed by atoms with van der Waals surface area (Å²) in [5.74, 6) is -0.0678. The molecule has 2 rings (SSSR count). The van der Waals surface area contributed by atoms with Crippen molar-refractivity contribution in [2.45, 2.75) is 37.5 Å². The number of nitrogens with two attached hydrogens (primary N) is 1. The van der Waals surface area contributed by atoms with Gasteiger partial charge in [0.15, 0.2) is 0 Å². The summed E-state index contributed by atoms with van der Waals surface area (Å²) in [5.41, 5.74) is 0.814. The Morgan fingerprint density at radius 1 is 1.26 bits per heavy atom. The van der Waals surface area contributed by atoms with E-state index in [1.54, 1.807) is 12.1 Å². The topological polar surface area (TPSA) is 102 Å². The highest BCUT2D eigenvalue weighted by Crippen LogP contribution is 2.10. The molecule has 1 heterocycles. The van der Waals surface area contributed by atoms with E-state index in [1.807, 2.05) is 13.8 Å². The lowest BCUT2D eigenvalue weighted by Gasteiger charge is -2.34. The van der Waals surface area contributed by atoms with Gasteiger partial charge in [0.05, 0.1) is 23.6 Å². The van der Waals surface area contributed by atoms with Gasteiger partial charge in [0.25, 0.3) is 0 Å². The number of sulfonamides is 1. The predicted molar refractivity (Wildman–Crippen MR) is 86.1 cm³/mol. The van der Waals surface area contributed by atoms with Crippen LogP contribution >= 0.6 is 0 Å².